The Labute approximate surface area is 201 Å². The summed E-state index contributed by atoms with van der Waals surface area (Å²) in [6.07, 6.45) is 1.94. The lowest BCUT2D eigenvalue weighted by Gasteiger charge is -2.41. The summed E-state index contributed by atoms with van der Waals surface area (Å²) >= 11 is 3.49. The molecule has 5 heteroatoms. The predicted molar refractivity (Wildman–Crippen MR) is 135 cm³/mol. The van der Waals surface area contributed by atoms with Crippen LogP contribution >= 0.6 is 15.9 Å². The number of Topliss-reactive ketones (excluding diaryl/α,β-unsaturated/α-hetero) is 1. The van der Waals surface area contributed by atoms with E-state index in [1.165, 1.54) is 0 Å². The van der Waals surface area contributed by atoms with Gasteiger partial charge < -0.3 is 5.11 Å². The lowest BCUT2D eigenvalue weighted by atomic mass is 9.73. The number of anilines is 1. The van der Waals surface area contributed by atoms with E-state index in [4.69, 9.17) is 0 Å². The molecule has 4 nitrogen and oxygen atoms in total. The van der Waals surface area contributed by atoms with Crippen molar-refractivity contribution in [2.45, 2.75) is 25.2 Å². The van der Waals surface area contributed by atoms with Gasteiger partial charge in [0.2, 0.25) is 0 Å². The molecular weight excluding hydrogens is 476 g/mol. The van der Waals surface area contributed by atoms with Crippen LogP contribution in [0.15, 0.2) is 106 Å². The Balaban J connectivity index is 1.83. The fourth-order valence-electron chi connectivity index (χ4n) is 4.79. The van der Waals surface area contributed by atoms with E-state index < -0.39 is 5.92 Å². The zero-order valence-electron chi connectivity index (χ0n) is 18.0. The number of nitrogens with zero attached hydrogens (tertiary/aromatic N) is 1. The predicted octanol–water partition coefficient (Wildman–Crippen LogP) is 7.01. The number of amidine groups is 1. The lowest BCUT2D eigenvalue weighted by Crippen LogP contribution is -2.42. The summed E-state index contributed by atoms with van der Waals surface area (Å²) in [6, 6.07) is 26.7. The summed E-state index contributed by atoms with van der Waals surface area (Å²) in [5, 5.41) is 20.8. The van der Waals surface area contributed by atoms with Crippen molar-refractivity contribution in [2.24, 2.45) is 0 Å². The molecule has 0 radical (unpaired) electrons. The molecule has 0 aromatic heterocycles. The van der Waals surface area contributed by atoms with Gasteiger partial charge in [-0.25, -0.2) is 0 Å². The molecule has 0 saturated carbocycles. The van der Waals surface area contributed by atoms with Crippen LogP contribution in [0.3, 0.4) is 0 Å². The monoisotopic (exact) mass is 498 g/mol. The number of hydrogen-bond donors (Lipinski definition) is 2. The van der Waals surface area contributed by atoms with Gasteiger partial charge in [0.1, 0.15) is 11.6 Å². The highest BCUT2D eigenvalue weighted by atomic mass is 79.9. The topological polar surface area (TPSA) is 64.4 Å². The maximum Gasteiger partial charge on any atom is 0.161 e. The second kappa shape index (κ2) is 8.83. The molecule has 1 aliphatic carbocycles. The molecule has 0 amide bonds. The zero-order valence-corrected chi connectivity index (χ0v) is 19.5. The molecule has 3 aromatic rings. The first-order valence-corrected chi connectivity index (χ1v) is 11.8. The highest BCUT2D eigenvalue weighted by Gasteiger charge is 2.43. The molecule has 3 aromatic carbocycles. The number of carbonyl (C=O) groups excluding carboxylic acids is 1. The number of carbonyl (C=O) groups is 1. The Morgan fingerprint density at radius 2 is 1.55 bits per heavy atom. The molecule has 1 atom stereocenters. The summed E-state index contributed by atoms with van der Waals surface area (Å²) in [6.45, 7) is 0. The fourth-order valence-corrected chi connectivity index (χ4v) is 5.06. The van der Waals surface area contributed by atoms with Crippen molar-refractivity contribution in [1.29, 1.82) is 5.41 Å². The van der Waals surface area contributed by atoms with Crippen molar-refractivity contribution in [3.05, 3.63) is 117 Å². The Kier molecular flexibility index (Phi) is 5.73. The first-order chi connectivity index (χ1) is 16.1. The molecule has 1 heterocycles. The van der Waals surface area contributed by atoms with Gasteiger partial charge in [-0.3, -0.25) is 15.1 Å². The van der Waals surface area contributed by atoms with Crippen LogP contribution in [0, 0.1) is 5.41 Å². The van der Waals surface area contributed by atoms with Gasteiger partial charge in [-0.1, -0.05) is 76.6 Å². The van der Waals surface area contributed by atoms with E-state index in [2.05, 4.69) is 15.9 Å². The smallest absolute Gasteiger partial charge is 0.161 e. The molecule has 2 aliphatic rings. The van der Waals surface area contributed by atoms with E-state index in [1.54, 1.807) is 0 Å². The minimum Gasteiger partial charge on any atom is -0.507 e. The Morgan fingerprint density at radius 3 is 2.21 bits per heavy atom. The number of benzene rings is 3. The average molecular weight is 499 g/mol. The number of ketones is 1. The van der Waals surface area contributed by atoms with Crippen LogP contribution in [0.2, 0.25) is 0 Å². The maximum atomic E-state index is 13.4. The lowest BCUT2D eigenvalue weighted by molar-refractivity contribution is -0.116. The summed E-state index contributed by atoms with van der Waals surface area (Å²) in [7, 11) is 0. The molecule has 2 N–H and O–H groups in total. The second-order valence-electron chi connectivity index (χ2n) is 8.27. The molecule has 5 rings (SSSR count). The third-order valence-corrected chi connectivity index (χ3v) is 6.80. The molecule has 0 saturated heterocycles. The first-order valence-electron chi connectivity index (χ1n) is 11.0. The molecule has 0 fully saturated rings. The van der Waals surface area contributed by atoms with E-state index in [1.807, 2.05) is 89.8 Å². The summed E-state index contributed by atoms with van der Waals surface area (Å²) in [5.41, 5.74) is 4.31. The van der Waals surface area contributed by atoms with Gasteiger partial charge in [-0.2, -0.15) is 0 Å². The molecule has 1 aliphatic heterocycles. The minimum atomic E-state index is -0.506. The third-order valence-electron chi connectivity index (χ3n) is 6.27. The van der Waals surface area contributed by atoms with Crippen molar-refractivity contribution in [3.8, 4) is 0 Å². The van der Waals surface area contributed by atoms with Gasteiger partial charge in [-0.05, 0) is 42.7 Å². The number of para-hydroxylation sites is 1. The Morgan fingerprint density at radius 1 is 0.909 bits per heavy atom. The van der Waals surface area contributed by atoms with Gasteiger partial charge >= 0.3 is 0 Å². The summed E-state index contributed by atoms with van der Waals surface area (Å²) in [5.74, 6) is -0.201. The van der Waals surface area contributed by atoms with Crippen molar-refractivity contribution < 1.29 is 9.90 Å². The van der Waals surface area contributed by atoms with Gasteiger partial charge in [0.25, 0.3) is 0 Å². The molecular formula is C28H23BrN2O2. The fraction of sp³-hybridized carbons (Fsp3) is 0.143. The van der Waals surface area contributed by atoms with E-state index in [9.17, 15) is 15.3 Å². The van der Waals surface area contributed by atoms with Crippen LogP contribution in [0.25, 0.3) is 5.76 Å². The van der Waals surface area contributed by atoms with Crippen LogP contribution in [-0.4, -0.2) is 16.7 Å². The molecule has 164 valence electrons. The number of allylic oxidation sites excluding steroid dienone is 2. The Bertz CT molecular complexity index is 1280. The standard InChI is InChI=1S/C28H23BrN2O2/c29-20-16-14-18(15-17-20)24-25-22(12-7-13-23(25)32)31(21-10-5-2-6-11-21)28(30)26(24)27(33)19-8-3-1-4-9-19/h1-6,8-11,14-17,24,30,33H,7,12-13H2/b27-26+,30-28?. The van der Waals surface area contributed by atoms with Crippen molar-refractivity contribution in [2.75, 3.05) is 4.90 Å². The van der Waals surface area contributed by atoms with Crippen LogP contribution in [0.5, 0.6) is 0 Å². The number of halogens is 1. The second-order valence-corrected chi connectivity index (χ2v) is 9.19. The van der Waals surface area contributed by atoms with E-state index in [0.717, 1.165) is 27.8 Å². The number of nitrogens with one attached hydrogen (secondary N) is 1. The van der Waals surface area contributed by atoms with Gasteiger partial charge in [0.05, 0.1) is 0 Å². The highest BCUT2D eigenvalue weighted by molar-refractivity contribution is 9.10. The van der Waals surface area contributed by atoms with Gasteiger partial charge in [0, 0.05) is 44.9 Å². The quantitative estimate of drug-likeness (QED) is 0.381. The average Bonchev–Trinajstić information content (AvgIpc) is 2.85. The first kappa shape index (κ1) is 21.4. The van der Waals surface area contributed by atoms with Crippen molar-refractivity contribution in [3.63, 3.8) is 0 Å². The maximum absolute atomic E-state index is 13.4. The van der Waals surface area contributed by atoms with Crippen LogP contribution in [-0.2, 0) is 4.79 Å². The van der Waals surface area contributed by atoms with Crippen LogP contribution in [0.4, 0.5) is 5.69 Å². The van der Waals surface area contributed by atoms with Gasteiger partial charge in [-0.15, -0.1) is 0 Å². The third kappa shape index (κ3) is 3.83. The number of aliphatic hydroxyl groups is 1. The number of hydrogen-bond acceptors (Lipinski definition) is 3. The summed E-state index contributed by atoms with van der Waals surface area (Å²) < 4.78 is 0.935. The van der Waals surface area contributed by atoms with E-state index in [-0.39, 0.29) is 17.4 Å². The van der Waals surface area contributed by atoms with E-state index in [0.29, 0.717) is 29.6 Å². The van der Waals surface area contributed by atoms with Crippen molar-refractivity contribution in [1.82, 2.24) is 0 Å². The van der Waals surface area contributed by atoms with Crippen molar-refractivity contribution >= 4 is 39.0 Å². The summed E-state index contributed by atoms with van der Waals surface area (Å²) in [4.78, 5) is 15.2. The number of aliphatic hydroxyl groups excluding tert-OH is 1. The Hall–Kier alpha value is -3.44. The molecule has 0 bridgehead atoms. The SMILES string of the molecule is N=C1/C(=C(/O)c2ccccc2)C(c2ccc(Br)cc2)C2=C(CCCC2=O)N1c1ccccc1. The normalized spacial score (nSPS) is 20.0. The van der Waals surface area contributed by atoms with Gasteiger partial charge in [0.15, 0.2) is 5.78 Å². The molecule has 1 unspecified atom stereocenters. The molecule has 0 spiro atoms. The highest BCUT2D eigenvalue weighted by Crippen LogP contribution is 2.47. The minimum absolute atomic E-state index is 0.0272. The zero-order chi connectivity index (χ0) is 22.9. The largest absolute Gasteiger partial charge is 0.507 e. The van der Waals surface area contributed by atoms with Crippen LogP contribution in [0.1, 0.15) is 36.3 Å². The molecule has 33 heavy (non-hydrogen) atoms. The van der Waals surface area contributed by atoms with Crippen LogP contribution < -0.4 is 4.90 Å². The van der Waals surface area contributed by atoms with E-state index >= 15 is 0 Å². The number of rotatable bonds is 3.